The average Bonchev–Trinajstić information content (AvgIpc) is 3.33. The summed E-state index contributed by atoms with van der Waals surface area (Å²) in [4.78, 5) is 1.47. The summed E-state index contributed by atoms with van der Waals surface area (Å²) in [6.07, 6.45) is 9.80. The zero-order valence-corrected chi connectivity index (χ0v) is 26.1. The Labute approximate surface area is 257 Å². The van der Waals surface area contributed by atoms with Gasteiger partial charge >= 0.3 is 10.1 Å². The van der Waals surface area contributed by atoms with E-state index >= 15 is 0 Å². The molecule has 44 heavy (non-hydrogen) atoms. The molecular weight excluding hydrogens is 601 g/mol. The van der Waals surface area contributed by atoms with Crippen molar-refractivity contribution in [3.63, 3.8) is 0 Å². The molecule has 11 heteroatoms. The van der Waals surface area contributed by atoms with Crippen LogP contribution in [0, 0.1) is 0 Å². The van der Waals surface area contributed by atoms with Crippen LogP contribution in [0.2, 0.25) is 0 Å². The Morgan fingerprint density at radius 1 is 0.773 bits per heavy atom. The number of ether oxygens (including phenoxy) is 1. The van der Waals surface area contributed by atoms with Crippen LogP contribution in [0.15, 0.2) is 40.1 Å². The fourth-order valence-corrected chi connectivity index (χ4v) is 9.53. The van der Waals surface area contributed by atoms with Crippen LogP contribution in [0.3, 0.4) is 0 Å². The number of hydrogen-bond acceptors (Lipinski definition) is 6. The Kier molecular flexibility index (Phi) is 6.50. The second-order valence-electron chi connectivity index (χ2n) is 12.7. The standard InChI is InChI=1S/C33H34N2O7S2/c36-43(37,38)22-11-12-23(28(19-22)44(39,40)41)29-26-17-20-7-1-3-13-34-15-5-9-24(30(20)34)32(26)42-33-25-10-6-16-35-14-4-2-8-21(31(25)35)18-27(29)33/h11-12,17-19H,1-10,13-16H2,(H-,36,37,38,39,40,41)/p+2. The number of anilines is 1. The molecule has 0 atom stereocenters. The van der Waals surface area contributed by atoms with Crippen LogP contribution in [0.5, 0.6) is 11.5 Å². The molecule has 0 saturated heterocycles. The Hall–Kier alpha value is -3.25. The molecule has 3 aromatic rings. The maximum atomic E-state index is 13.0. The van der Waals surface area contributed by atoms with E-state index in [0.717, 1.165) is 130 Å². The molecule has 5 heterocycles. The summed E-state index contributed by atoms with van der Waals surface area (Å²) in [6.45, 7) is 3.99. The highest BCUT2D eigenvalue weighted by atomic mass is 32.2. The van der Waals surface area contributed by atoms with Crippen LogP contribution in [0.1, 0.15) is 71.9 Å². The van der Waals surface area contributed by atoms with E-state index < -0.39 is 30.0 Å². The molecule has 3 aromatic carbocycles. The maximum Gasteiger partial charge on any atom is 0.409 e. The second kappa shape index (κ2) is 10.1. The van der Waals surface area contributed by atoms with Crippen LogP contribution in [-0.4, -0.2) is 52.1 Å². The number of aryl methyl sites for hydroxylation is 2. The Morgan fingerprint density at radius 2 is 1.52 bits per heavy atom. The van der Waals surface area contributed by atoms with Crippen molar-refractivity contribution >= 4 is 31.5 Å². The zero-order chi connectivity index (χ0) is 30.4. The SMILES string of the molecule is O=S(=O)(O)c1ccc(C2=c3cc4c5c(c3Oc3c2cc2c6c3CCCN6CCCC2)CCC[N+]=5CCCC4)c(S(=O)(=O)[OH2+])c1. The molecule has 230 valence electrons. The molecule has 0 amide bonds. The van der Waals surface area contributed by atoms with Crippen molar-refractivity contribution in [2.75, 3.05) is 31.1 Å². The van der Waals surface area contributed by atoms with E-state index in [1.165, 1.54) is 34.3 Å². The van der Waals surface area contributed by atoms with Gasteiger partial charge in [-0.1, -0.05) is 6.07 Å². The quantitative estimate of drug-likeness (QED) is 0.208. The first-order valence-electron chi connectivity index (χ1n) is 15.6. The van der Waals surface area contributed by atoms with E-state index in [1.54, 1.807) is 0 Å². The van der Waals surface area contributed by atoms with Crippen LogP contribution >= 0.6 is 0 Å². The summed E-state index contributed by atoms with van der Waals surface area (Å²) in [5.41, 5.74) is 7.65. The second-order valence-corrected chi connectivity index (χ2v) is 15.6. The van der Waals surface area contributed by atoms with Gasteiger partial charge in [-0.25, -0.2) is 4.58 Å². The summed E-state index contributed by atoms with van der Waals surface area (Å²) >= 11 is 0. The lowest BCUT2D eigenvalue weighted by Gasteiger charge is -2.35. The smallest absolute Gasteiger partial charge is 0.409 e. The maximum absolute atomic E-state index is 13.0. The lowest BCUT2D eigenvalue weighted by Crippen LogP contribution is -2.41. The van der Waals surface area contributed by atoms with Crippen LogP contribution < -0.4 is 24.8 Å². The van der Waals surface area contributed by atoms with Crippen molar-refractivity contribution in [1.82, 2.24) is 4.58 Å². The Balaban J connectivity index is 1.55. The van der Waals surface area contributed by atoms with Gasteiger partial charge in [0, 0.05) is 64.7 Å². The molecule has 0 unspecified atom stereocenters. The number of rotatable bonds is 3. The first-order valence-corrected chi connectivity index (χ1v) is 18.6. The molecule has 9 nitrogen and oxygen atoms in total. The molecular formula is C33H36N2O7S2+2. The third-order valence-electron chi connectivity index (χ3n) is 10.00. The molecule has 5 aliphatic heterocycles. The third kappa shape index (κ3) is 4.42. The van der Waals surface area contributed by atoms with Crippen molar-refractivity contribution in [2.24, 2.45) is 0 Å². The van der Waals surface area contributed by atoms with Crippen LogP contribution in [0.4, 0.5) is 5.69 Å². The van der Waals surface area contributed by atoms with Gasteiger partial charge < -0.3 is 14.2 Å². The first kappa shape index (κ1) is 28.2. The molecule has 0 radical (unpaired) electrons. The molecule has 3 N–H and O–H groups in total. The fraction of sp³-hybridized carbons (Fsp3) is 0.424. The molecule has 0 aliphatic carbocycles. The fourth-order valence-electron chi connectivity index (χ4n) is 8.21. The molecule has 0 fully saturated rings. The lowest BCUT2D eigenvalue weighted by atomic mass is 9.84. The van der Waals surface area contributed by atoms with Crippen molar-refractivity contribution in [3.8, 4) is 11.5 Å². The summed E-state index contributed by atoms with van der Waals surface area (Å²) in [5, 5.41) is 2.03. The van der Waals surface area contributed by atoms with E-state index in [2.05, 4.69) is 21.6 Å². The highest BCUT2D eigenvalue weighted by molar-refractivity contribution is 7.86. The van der Waals surface area contributed by atoms with Gasteiger partial charge in [-0.2, -0.15) is 8.42 Å². The Morgan fingerprint density at radius 3 is 2.34 bits per heavy atom. The van der Waals surface area contributed by atoms with E-state index in [0.29, 0.717) is 5.57 Å². The first-order chi connectivity index (χ1) is 21.1. The highest BCUT2D eigenvalue weighted by Crippen LogP contribution is 2.48. The largest absolute Gasteiger partial charge is 0.455 e. The monoisotopic (exact) mass is 636 g/mol. The molecule has 8 rings (SSSR count). The van der Waals surface area contributed by atoms with E-state index in [1.807, 2.05) is 0 Å². The summed E-state index contributed by atoms with van der Waals surface area (Å²) in [5.74, 6) is 1.49. The third-order valence-corrected chi connectivity index (χ3v) is 11.8. The van der Waals surface area contributed by atoms with Crippen LogP contribution in [0.25, 0.3) is 5.57 Å². The van der Waals surface area contributed by atoms with Crippen molar-refractivity contribution < 1.29 is 30.7 Å². The number of nitrogens with zero attached hydrogens (tertiary/aromatic N) is 2. The van der Waals surface area contributed by atoms with E-state index in [4.69, 9.17) is 9.29 Å². The van der Waals surface area contributed by atoms with Crippen molar-refractivity contribution in [1.29, 1.82) is 0 Å². The van der Waals surface area contributed by atoms with E-state index in [-0.39, 0.29) is 5.56 Å². The molecule has 0 bridgehead atoms. The van der Waals surface area contributed by atoms with Crippen molar-refractivity contribution in [3.05, 3.63) is 74.3 Å². The van der Waals surface area contributed by atoms with Gasteiger partial charge in [-0.15, -0.1) is 8.42 Å². The lowest BCUT2D eigenvalue weighted by molar-refractivity contribution is 0.442. The predicted molar refractivity (Wildman–Crippen MR) is 167 cm³/mol. The minimum atomic E-state index is -4.70. The van der Waals surface area contributed by atoms with Gasteiger partial charge in [-0.3, -0.25) is 4.55 Å². The Bertz CT molecular complexity index is 2120. The molecule has 0 aromatic heterocycles. The number of fused-ring (bicyclic) bond motifs is 4. The van der Waals surface area contributed by atoms with Crippen molar-refractivity contribution in [2.45, 2.75) is 74.0 Å². The van der Waals surface area contributed by atoms with E-state index in [9.17, 15) is 21.4 Å². The molecule has 0 spiro atoms. The molecule has 5 aliphatic rings. The minimum Gasteiger partial charge on any atom is -0.455 e. The number of hydrogen-bond donors (Lipinski definition) is 1. The van der Waals surface area contributed by atoms with Gasteiger partial charge in [0.25, 0.3) is 10.1 Å². The van der Waals surface area contributed by atoms with Gasteiger partial charge in [0.2, 0.25) is 5.36 Å². The highest BCUT2D eigenvalue weighted by Gasteiger charge is 2.37. The zero-order valence-electron chi connectivity index (χ0n) is 24.5. The average molecular weight is 637 g/mol. The normalized spacial score (nSPS) is 19.2. The van der Waals surface area contributed by atoms with Gasteiger partial charge in [0.05, 0.1) is 10.5 Å². The topological polar surface area (TPSA) is 127 Å². The summed E-state index contributed by atoms with van der Waals surface area (Å²) in [7, 11) is -9.34. The van der Waals surface area contributed by atoms with Gasteiger partial charge in [0.15, 0.2) is 4.90 Å². The van der Waals surface area contributed by atoms with Crippen LogP contribution in [-0.2, 0) is 45.9 Å². The predicted octanol–water partition coefficient (Wildman–Crippen LogP) is 2.56. The molecule has 0 saturated carbocycles. The van der Waals surface area contributed by atoms with Gasteiger partial charge in [0.1, 0.15) is 24.6 Å². The van der Waals surface area contributed by atoms with Gasteiger partial charge in [-0.05, 0) is 81.2 Å². The summed E-state index contributed by atoms with van der Waals surface area (Å²) < 4.78 is 77.7. The summed E-state index contributed by atoms with van der Waals surface area (Å²) in [6, 6.07) is 7.88. The minimum absolute atomic E-state index is 0.250. The number of benzene rings is 3.